The number of sulfone groups is 1. The van der Waals surface area contributed by atoms with E-state index in [2.05, 4.69) is 0 Å². The summed E-state index contributed by atoms with van der Waals surface area (Å²) in [4.78, 5) is 12.3. The molecule has 0 N–H and O–H groups in total. The molecule has 1 aromatic heterocycles. The summed E-state index contributed by atoms with van der Waals surface area (Å²) in [7, 11) is -4.32. The molecule has 2 aromatic carbocycles. The minimum absolute atomic E-state index is 0.0656. The van der Waals surface area contributed by atoms with E-state index in [0.717, 1.165) is 6.92 Å². The minimum atomic E-state index is -4.32. The second-order valence-corrected chi connectivity index (χ2v) is 6.92. The SMILES string of the molecule is Cc1c(S(=O)(=O)c2ccccc2)[n+](=O)c2cc(F)c(F)cc2n1[O-]. The summed E-state index contributed by atoms with van der Waals surface area (Å²) in [5, 5.41) is 11.4. The summed E-state index contributed by atoms with van der Waals surface area (Å²) in [6, 6.07) is 8.08. The quantitative estimate of drug-likeness (QED) is 0.663. The zero-order chi connectivity index (χ0) is 17.6. The summed E-state index contributed by atoms with van der Waals surface area (Å²) >= 11 is 0. The first-order valence-electron chi connectivity index (χ1n) is 6.69. The average Bonchev–Trinajstić information content (AvgIpc) is 2.55. The molecule has 0 bridgehead atoms. The first-order valence-corrected chi connectivity index (χ1v) is 8.18. The molecule has 124 valence electrons. The van der Waals surface area contributed by atoms with Crippen molar-refractivity contribution in [2.75, 3.05) is 0 Å². The lowest BCUT2D eigenvalue weighted by Crippen LogP contribution is -2.30. The second kappa shape index (κ2) is 5.38. The van der Waals surface area contributed by atoms with E-state index in [4.69, 9.17) is 0 Å². The van der Waals surface area contributed by atoms with E-state index >= 15 is 0 Å². The van der Waals surface area contributed by atoms with Crippen LogP contribution < -0.4 is 4.43 Å². The molecule has 3 aromatic rings. The van der Waals surface area contributed by atoms with Crippen LogP contribution in [-0.4, -0.2) is 13.1 Å². The predicted molar refractivity (Wildman–Crippen MR) is 80.6 cm³/mol. The topological polar surface area (TPSA) is 85.1 Å². The second-order valence-electron chi connectivity index (χ2n) is 5.05. The highest BCUT2D eigenvalue weighted by atomic mass is 32.2. The van der Waals surface area contributed by atoms with Crippen molar-refractivity contribution in [1.82, 2.24) is 4.73 Å². The van der Waals surface area contributed by atoms with E-state index in [9.17, 15) is 27.3 Å². The molecule has 6 nitrogen and oxygen atoms in total. The normalized spacial score (nSPS) is 11.8. The lowest BCUT2D eigenvalue weighted by molar-refractivity contribution is -0.512. The highest BCUT2D eigenvalue weighted by Crippen LogP contribution is 2.24. The van der Waals surface area contributed by atoms with Crippen molar-refractivity contribution in [2.45, 2.75) is 16.8 Å². The van der Waals surface area contributed by atoms with Gasteiger partial charge in [-0.05, 0) is 19.1 Å². The summed E-state index contributed by atoms with van der Waals surface area (Å²) < 4.78 is 52.2. The molecule has 0 fully saturated rings. The predicted octanol–water partition coefficient (Wildman–Crippen LogP) is 2.32. The van der Waals surface area contributed by atoms with Gasteiger partial charge in [-0.1, -0.05) is 18.2 Å². The molecule has 0 spiro atoms. The Kier molecular flexibility index (Phi) is 3.60. The van der Waals surface area contributed by atoms with Crippen molar-refractivity contribution in [3.63, 3.8) is 0 Å². The third-order valence-corrected chi connectivity index (χ3v) is 5.42. The molecular formula is C15H10F2N2O4S. The molecule has 0 unspecified atom stereocenters. The Morgan fingerprint density at radius 2 is 1.67 bits per heavy atom. The standard InChI is InChI=1S/C15H10F2N2O4S/c1-9-15(24(22,23)10-5-3-2-4-6-10)19(21)14-8-12(17)11(16)7-13(14)18(9)20/h2-8H,1H3. The van der Waals surface area contributed by atoms with E-state index in [-0.39, 0.29) is 14.1 Å². The van der Waals surface area contributed by atoms with Crippen LogP contribution in [0, 0.1) is 28.7 Å². The average molecular weight is 352 g/mol. The van der Waals surface area contributed by atoms with Gasteiger partial charge >= 0.3 is 5.03 Å². The Balaban J connectivity index is 2.47. The fraction of sp³-hybridized carbons (Fsp3) is 0.0667. The van der Waals surface area contributed by atoms with Gasteiger partial charge < -0.3 is 9.94 Å². The smallest absolute Gasteiger partial charge is 0.376 e. The molecule has 0 aliphatic heterocycles. The van der Waals surface area contributed by atoms with Crippen LogP contribution >= 0.6 is 0 Å². The van der Waals surface area contributed by atoms with E-state index in [1.54, 1.807) is 6.07 Å². The first-order chi connectivity index (χ1) is 11.2. The van der Waals surface area contributed by atoms with Crippen LogP contribution in [0.2, 0.25) is 0 Å². The number of benzene rings is 2. The van der Waals surface area contributed by atoms with Crippen LogP contribution in [0.25, 0.3) is 11.0 Å². The van der Waals surface area contributed by atoms with Gasteiger partial charge in [-0.2, -0.15) is 0 Å². The lowest BCUT2D eigenvalue weighted by atomic mass is 10.2. The molecule has 0 aliphatic carbocycles. The van der Waals surface area contributed by atoms with Gasteiger partial charge in [0.15, 0.2) is 11.6 Å². The molecule has 9 heteroatoms. The molecule has 0 aliphatic rings. The Bertz CT molecular complexity index is 1130. The zero-order valence-corrected chi connectivity index (χ0v) is 13.0. The highest BCUT2D eigenvalue weighted by Gasteiger charge is 2.34. The van der Waals surface area contributed by atoms with Crippen LogP contribution in [-0.2, 0) is 9.84 Å². The van der Waals surface area contributed by atoms with Gasteiger partial charge in [0.2, 0.25) is 0 Å². The maximum atomic E-state index is 13.4. The minimum Gasteiger partial charge on any atom is -0.805 e. The van der Waals surface area contributed by atoms with Crippen LogP contribution in [0.15, 0.2) is 52.4 Å². The van der Waals surface area contributed by atoms with Gasteiger partial charge in [-0.3, -0.25) is 0 Å². The fourth-order valence-corrected chi connectivity index (χ4v) is 3.92. The fourth-order valence-electron chi connectivity index (χ4n) is 2.39. The van der Waals surface area contributed by atoms with Gasteiger partial charge in [0.1, 0.15) is 11.2 Å². The highest BCUT2D eigenvalue weighted by molar-refractivity contribution is 7.91. The number of fused-ring (bicyclic) bond motifs is 1. The Labute approximate surface area is 134 Å². The largest absolute Gasteiger partial charge is 0.805 e. The van der Waals surface area contributed by atoms with Gasteiger partial charge in [0, 0.05) is 11.0 Å². The number of hydrogen-bond donors (Lipinski definition) is 0. The molecule has 3 rings (SSSR count). The van der Waals surface area contributed by atoms with Gasteiger partial charge in [-0.25, -0.2) is 17.2 Å². The Morgan fingerprint density at radius 3 is 2.29 bits per heavy atom. The zero-order valence-electron chi connectivity index (χ0n) is 12.2. The Hall–Kier alpha value is -2.81. The molecule has 0 saturated carbocycles. The molecular weight excluding hydrogens is 342 g/mol. The maximum absolute atomic E-state index is 13.4. The lowest BCUT2D eigenvalue weighted by Gasteiger charge is -2.16. The van der Waals surface area contributed by atoms with Crippen LogP contribution in [0.4, 0.5) is 8.78 Å². The number of hydrogen-bond acceptors (Lipinski definition) is 4. The molecule has 0 radical (unpaired) electrons. The van der Waals surface area contributed by atoms with Crippen LogP contribution in [0.1, 0.15) is 5.69 Å². The molecule has 0 atom stereocenters. The van der Waals surface area contributed by atoms with E-state index in [1.165, 1.54) is 24.3 Å². The number of aromatic nitrogens is 2. The van der Waals surface area contributed by atoms with Crippen molar-refractivity contribution < 1.29 is 21.6 Å². The van der Waals surface area contributed by atoms with E-state index in [0.29, 0.717) is 12.1 Å². The third kappa shape index (κ3) is 2.24. The Morgan fingerprint density at radius 1 is 1.08 bits per heavy atom. The van der Waals surface area contributed by atoms with E-state index < -0.39 is 43.2 Å². The number of rotatable bonds is 2. The van der Waals surface area contributed by atoms with Gasteiger partial charge in [-0.15, -0.1) is 0 Å². The number of nitrogens with zero attached hydrogens (tertiary/aromatic N) is 2. The van der Waals surface area contributed by atoms with Crippen molar-refractivity contribution in [3.8, 4) is 0 Å². The summed E-state index contributed by atoms with van der Waals surface area (Å²) in [5.41, 5.74) is -1.48. The van der Waals surface area contributed by atoms with Crippen molar-refractivity contribution in [2.24, 2.45) is 0 Å². The summed E-state index contributed by atoms with van der Waals surface area (Å²) in [6.07, 6.45) is 0. The molecule has 0 amide bonds. The summed E-state index contributed by atoms with van der Waals surface area (Å²) in [6.45, 7) is 1.12. The van der Waals surface area contributed by atoms with Crippen molar-refractivity contribution in [1.29, 1.82) is 0 Å². The van der Waals surface area contributed by atoms with Crippen molar-refractivity contribution in [3.05, 3.63) is 69.9 Å². The monoisotopic (exact) mass is 352 g/mol. The maximum Gasteiger partial charge on any atom is 0.376 e. The molecule has 0 saturated heterocycles. The third-order valence-electron chi connectivity index (χ3n) is 3.56. The van der Waals surface area contributed by atoms with Crippen LogP contribution in [0.3, 0.4) is 0 Å². The first kappa shape index (κ1) is 16.1. The van der Waals surface area contributed by atoms with Gasteiger partial charge in [0.05, 0.1) is 15.4 Å². The molecule has 24 heavy (non-hydrogen) atoms. The van der Waals surface area contributed by atoms with Crippen LogP contribution in [0.5, 0.6) is 0 Å². The van der Waals surface area contributed by atoms with Gasteiger partial charge in [0.25, 0.3) is 15.4 Å². The number of halogens is 2. The van der Waals surface area contributed by atoms with E-state index in [1.807, 2.05) is 0 Å². The van der Waals surface area contributed by atoms with Crippen molar-refractivity contribution >= 4 is 20.9 Å². The molecule has 1 heterocycles. The summed E-state index contributed by atoms with van der Waals surface area (Å²) in [5.74, 6) is -2.68.